The van der Waals surface area contributed by atoms with E-state index in [0.29, 0.717) is 36.9 Å². The fraction of sp³-hybridized carbons (Fsp3) is 0.486. The molecule has 0 saturated carbocycles. The predicted octanol–water partition coefficient (Wildman–Crippen LogP) is 4.60. The monoisotopic (exact) mass is 729 g/mol. The lowest BCUT2D eigenvalue weighted by Gasteiger charge is -2.29. The number of nitrogens with zero attached hydrogens (tertiary/aromatic N) is 4. The minimum absolute atomic E-state index is 0.136. The Morgan fingerprint density at radius 3 is 1.91 bits per heavy atom. The van der Waals surface area contributed by atoms with Crippen LogP contribution in [0.3, 0.4) is 0 Å². The van der Waals surface area contributed by atoms with Crippen LogP contribution in [0.4, 0.5) is 9.59 Å². The summed E-state index contributed by atoms with van der Waals surface area (Å²) in [6.07, 6.45) is 3.13. The molecule has 5 N–H and O–H groups in total. The van der Waals surface area contributed by atoms with Crippen molar-refractivity contribution in [3.05, 3.63) is 59.6 Å². The SMILES string of the molecule is COC(=O)NC(C(=O)N1CCCC1c1ncc(C(=O)c2ccc(-c3ccc4nc(C5CCCN5C(=O)C(NC(=O)OC)C(C)C)[nH]c4c3)[nH]2)[nH]1)C(C)C. The van der Waals surface area contributed by atoms with Crippen LogP contribution in [0.15, 0.2) is 36.5 Å². The molecule has 4 unspecified atom stereocenters. The van der Waals surface area contributed by atoms with Gasteiger partial charge >= 0.3 is 12.2 Å². The Labute approximate surface area is 306 Å². The van der Waals surface area contributed by atoms with Gasteiger partial charge in [-0.05, 0) is 61.8 Å². The summed E-state index contributed by atoms with van der Waals surface area (Å²) in [5, 5.41) is 5.32. The fourth-order valence-electron chi connectivity index (χ4n) is 7.20. The molecule has 2 saturated heterocycles. The highest BCUT2D eigenvalue weighted by Crippen LogP contribution is 2.34. The second kappa shape index (κ2) is 15.5. The average Bonchev–Trinajstić information content (AvgIpc) is 3.99. The Morgan fingerprint density at radius 2 is 1.34 bits per heavy atom. The van der Waals surface area contributed by atoms with Crippen molar-refractivity contribution in [3.63, 3.8) is 0 Å². The summed E-state index contributed by atoms with van der Waals surface area (Å²) in [4.78, 5) is 87.1. The summed E-state index contributed by atoms with van der Waals surface area (Å²) in [6.45, 7) is 8.53. The number of ketones is 1. The van der Waals surface area contributed by atoms with Gasteiger partial charge in [0.2, 0.25) is 17.6 Å². The maximum atomic E-state index is 13.6. The zero-order valence-corrected chi connectivity index (χ0v) is 30.8. The Hall–Kier alpha value is -5.67. The van der Waals surface area contributed by atoms with E-state index in [-0.39, 0.29) is 47.2 Å². The van der Waals surface area contributed by atoms with E-state index in [1.807, 2.05) is 52.0 Å². The molecule has 4 amide bonds. The number of hydrogen-bond acceptors (Lipinski definition) is 9. The number of fused-ring (bicyclic) bond motifs is 1. The number of H-pyrrole nitrogens is 3. The van der Waals surface area contributed by atoms with Crippen LogP contribution in [0.25, 0.3) is 22.3 Å². The zero-order chi connectivity index (χ0) is 38.0. The minimum Gasteiger partial charge on any atom is -0.453 e. The van der Waals surface area contributed by atoms with Crippen molar-refractivity contribution < 1.29 is 33.4 Å². The number of nitrogens with one attached hydrogen (secondary N) is 5. The number of carbonyl (C=O) groups is 5. The zero-order valence-electron chi connectivity index (χ0n) is 30.8. The van der Waals surface area contributed by atoms with Gasteiger partial charge in [-0.2, -0.15) is 0 Å². The summed E-state index contributed by atoms with van der Waals surface area (Å²) in [5.41, 5.74) is 3.72. The first-order chi connectivity index (χ1) is 25.4. The number of amides is 4. The van der Waals surface area contributed by atoms with Crippen molar-refractivity contribution in [1.29, 1.82) is 0 Å². The van der Waals surface area contributed by atoms with Crippen LogP contribution in [0.5, 0.6) is 0 Å². The fourth-order valence-corrected chi connectivity index (χ4v) is 7.20. The highest BCUT2D eigenvalue weighted by molar-refractivity contribution is 6.07. The average molecular weight is 730 g/mol. The Balaban J connectivity index is 1.16. The van der Waals surface area contributed by atoms with E-state index in [2.05, 4.69) is 30.6 Å². The molecule has 0 radical (unpaired) electrons. The van der Waals surface area contributed by atoms with Gasteiger partial charge in [-0.25, -0.2) is 19.6 Å². The third-order valence-electron chi connectivity index (χ3n) is 10.1. The Kier molecular flexibility index (Phi) is 10.9. The minimum atomic E-state index is -0.759. The van der Waals surface area contributed by atoms with Gasteiger partial charge in [0.15, 0.2) is 0 Å². The van der Waals surface area contributed by atoms with Crippen LogP contribution in [-0.2, 0) is 19.1 Å². The van der Waals surface area contributed by atoms with Crippen molar-refractivity contribution in [2.75, 3.05) is 27.3 Å². The third kappa shape index (κ3) is 7.62. The standard InChI is InChI=1S/C37H47N9O7/c1-19(2)29(43-36(50)52-5)34(48)45-15-7-9-27(45)32-38-18-26(42-32)31(47)24-14-13-22(39-24)21-11-12-23-25(17-21)41-33(40-23)28-10-8-16-46(28)35(49)30(20(3)4)44-37(51)53-6/h11-14,17-20,27-30,39H,7-10,15-16H2,1-6H3,(H,38,42)(H,40,41)(H,43,50)(H,44,51). The summed E-state index contributed by atoms with van der Waals surface area (Å²) >= 11 is 0. The van der Waals surface area contributed by atoms with E-state index >= 15 is 0 Å². The van der Waals surface area contributed by atoms with E-state index in [0.717, 1.165) is 41.6 Å². The molecule has 1 aromatic carbocycles. The number of alkyl carbamates (subject to hydrolysis) is 2. The van der Waals surface area contributed by atoms with Crippen LogP contribution >= 0.6 is 0 Å². The number of benzene rings is 1. The molecule has 16 heteroatoms. The molecular weight excluding hydrogens is 682 g/mol. The van der Waals surface area contributed by atoms with Gasteiger partial charge in [0.1, 0.15) is 29.4 Å². The third-order valence-corrected chi connectivity index (χ3v) is 10.1. The maximum absolute atomic E-state index is 13.6. The molecule has 2 aliphatic heterocycles. The molecule has 0 spiro atoms. The van der Waals surface area contributed by atoms with Gasteiger partial charge in [-0.15, -0.1) is 0 Å². The van der Waals surface area contributed by atoms with Gasteiger partial charge < -0.3 is 44.9 Å². The number of carbonyl (C=O) groups excluding carboxylic acids is 5. The van der Waals surface area contributed by atoms with Gasteiger partial charge in [0, 0.05) is 24.3 Å². The molecular formula is C37H47N9O7. The van der Waals surface area contributed by atoms with Gasteiger partial charge in [-0.3, -0.25) is 14.4 Å². The number of aromatic nitrogens is 5. The van der Waals surface area contributed by atoms with Crippen molar-refractivity contribution in [1.82, 2.24) is 45.4 Å². The number of hydrogen-bond donors (Lipinski definition) is 5. The summed E-state index contributed by atoms with van der Waals surface area (Å²) in [5.74, 6) is 0.192. The summed E-state index contributed by atoms with van der Waals surface area (Å²) in [7, 11) is 2.53. The molecule has 282 valence electrons. The molecule has 2 aliphatic rings. The van der Waals surface area contributed by atoms with Crippen LogP contribution in [0, 0.1) is 11.8 Å². The van der Waals surface area contributed by atoms with Crippen molar-refractivity contribution in [2.45, 2.75) is 77.5 Å². The second-order valence-corrected chi connectivity index (χ2v) is 14.2. The first kappa shape index (κ1) is 37.1. The Morgan fingerprint density at radius 1 is 0.755 bits per heavy atom. The van der Waals surface area contributed by atoms with Crippen molar-refractivity contribution in [3.8, 4) is 11.3 Å². The largest absolute Gasteiger partial charge is 0.453 e. The normalized spacial score (nSPS) is 18.4. The number of methoxy groups -OCH3 is 2. The maximum Gasteiger partial charge on any atom is 0.407 e. The lowest BCUT2D eigenvalue weighted by Crippen LogP contribution is -2.51. The van der Waals surface area contributed by atoms with Crippen molar-refractivity contribution >= 4 is 40.8 Å². The first-order valence-electron chi connectivity index (χ1n) is 18.0. The molecule has 0 bridgehead atoms. The number of imidazole rings is 2. The van der Waals surface area contributed by atoms with Crippen LogP contribution in [0.1, 0.15) is 93.3 Å². The summed E-state index contributed by atoms with van der Waals surface area (Å²) in [6, 6.07) is 7.19. The number of likely N-dealkylation sites (tertiary alicyclic amines) is 2. The van der Waals surface area contributed by atoms with Crippen molar-refractivity contribution in [2.24, 2.45) is 11.8 Å². The second-order valence-electron chi connectivity index (χ2n) is 14.2. The number of aromatic amines is 3. The van der Waals surface area contributed by atoms with Gasteiger partial charge in [-0.1, -0.05) is 33.8 Å². The highest BCUT2D eigenvalue weighted by atomic mass is 16.5. The van der Waals surface area contributed by atoms with Gasteiger partial charge in [0.05, 0.1) is 49.2 Å². The highest BCUT2D eigenvalue weighted by Gasteiger charge is 2.39. The lowest BCUT2D eigenvalue weighted by molar-refractivity contribution is -0.136. The van der Waals surface area contributed by atoms with E-state index in [4.69, 9.17) is 14.5 Å². The lowest BCUT2D eigenvalue weighted by atomic mass is 10.0. The molecule has 5 heterocycles. The van der Waals surface area contributed by atoms with E-state index in [1.54, 1.807) is 15.9 Å². The molecule has 53 heavy (non-hydrogen) atoms. The smallest absolute Gasteiger partial charge is 0.407 e. The summed E-state index contributed by atoms with van der Waals surface area (Å²) < 4.78 is 9.47. The molecule has 3 aromatic heterocycles. The molecule has 4 atom stereocenters. The van der Waals surface area contributed by atoms with Crippen LogP contribution < -0.4 is 10.6 Å². The first-order valence-corrected chi connectivity index (χ1v) is 18.0. The molecule has 6 rings (SSSR count). The van der Waals surface area contributed by atoms with E-state index in [1.165, 1.54) is 20.4 Å². The van der Waals surface area contributed by atoms with Crippen LogP contribution in [0.2, 0.25) is 0 Å². The number of rotatable bonds is 11. The quantitative estimate of drug-likeness (QED) is 0.137. The Bertz CT molecular complexity index is 2000. The van der Waals surface area contributed by atoms with E-state index < -0.39 is 24.3 Å². The van der Waals surface area contributed by atoms with Gasteiger partial charge in [0.25, 0.3) is 0 Å². The molecule has 2 fully saturated rings. The molecule has 0 aliphatic carbocycles. The predicted molar refractivity (Wildman–Crippen MR) is 194 cm³/mol. The van der Waals surface area contributed by atoms with E-state index in [9.17, 15) is 24.0 Å². The molecule has 16 nitrogen and oxygen atoms in total. The topological polar surface area (TPSA) is 207 Å². The number of ether oxygens (including phenoxy) is 2. The van der Waals surface area contributed by atoms with Crippen LogP contribution in [-0.4, -0.2) is 104 Å². The molecule has 4 aromatic rings.